The molecule has 2 aromatic rings. The third-order valence-electron chi connectivity index (χ3n) is 6.19. The van der Waals surface area contributed by atoms with E-state index in [0.717, 1.165) is 22.3 Å². The van der Waals surface area contributed by atoms with E-state index in [1.807, 2.05) is 50.2 Å². The third kappa shape index (κ3) is 5.40. The molecule has 1 aliphatic rings. The molecule has 3 unspecified atom stereocenters. The van der Waals surface area contributed by atoms with Crippen molar-refractivity contribution in [1.29, 1.82) is 0 Å². The first-order valence-electron chi connectivity index (χ1n) is 11.3. The number of hydrogen-bond acceptors (Lipinski definition) is 4. The van der Waals surface area contributed by atoms with Crippen LogP contribution >= 0.6 is 0 Å². The van der Waals surface area contributed by atoms with Crippen molar-refractivity contribution in [2.24, 2.45) is 11.8 Å². The van der Waals surface area contributed by atoms with Crippen LogP contribution in [0, 0.1) is 24.2 Å². The number of aliphatic carboxylic acids is 1. The molecule has 0 saturated heterocycles. The van der Waals surface area contributed by atoms with E-state index in [9.17, 15) is 19.5 Å². The zero-order chi connectivity index (χ0) is 24.8. The number of terminal acetylenes is 1. The average molecular weight is 463 g/mol. The molecule has 0 aliphatic heterocycles. The van der Waals surface area contributed by atoms with Gasteiger partial charge < -0.3 is 20.5 Å². The molecule has 178 valence electrons. The fourth-order valence-electron chi connectivity index (χ4n) is 4.61. The maximum absolute atomic E-state index is 12.8. The number of fused-ring (bicyclic) bond motifs is 3. The minimum absolute atomic E-state index is 0.0715. The fraction of sp³-hybridized carbons (Fsp3) is 0.370. The van der Waals surface area contributed by atoms with Crippen molar-refractivity contribution in [3.8, 4) is 23.5 Å². The number of carboxylic acids is 1. The monoisotopic (exact) mass is 462 g/mol. The third-order valence-corrected chi connectivity index (χ3v) is 6.19. The van der Waals surface area contributed by atoms with Crippen LogP contribution in [0.1, 0.15) is 44.2 Å². The first-order chi connectivity index (χ1) is 16.2. The zero-order valence-corrected chi connectivity index (χ0v) is 19.6. The fourth-order valence-corrected chi connectivity index (χ4v) is 4.61. The molecule has 2 amide bonds. The first kappa shape index (κ1) is 24.8. The van der Waals surface area contributed by atoms with E-state index in [4.69, 9.17) is 11.2 Å². The second-order valence-corrected chi connectivity index (χ2v) is 8.84. The second kappa shape index (κ2) is 10.9. The van der Waals surface area contributed by atoms with Crippen LogP contribution in [0.15, 0.2) is 48.5 Å². The van der Waals surface area contributed by atoms with Crippen LogP contribution in [0.2, 0.25) is 0 Å². The average Bonchev–Trinajstić information content (AvgIpc) is 3.11. The Morgan fingerprint density at radius 1 is 1.00 bits per heavy atom. The summed E-state index contributed by atoms with van der Waals surface area (Å²) in [4.78, 5) is 36.8. The van der Waals surface area contributed by atoms with E-state index in [1.165, 1.54) is 0 Å². The van der Waals surface area contributed by atoms with Crippen molar-refractivity contribution in [2.75, 3.05) is 6.61 Å². The first-order valence-corrected chi connectivity index (χ1v) is 11.3. The summed E-state index contributed by atoms with van der Waals surface area (Å²) >= 11 is 0. The minimum atomic E-state index is -1.20. The maximum Gasteiger partial charge on any atom is 0.407 e. The van der Waals surface area contributed by atoms with Crippen LogP contribution in [0.5, 0.6) is 0 Å². The van der Waals surface area contributed by atoms with Crippen LogP contribution in [-0.4, -0.2) is 41.8 Å². The smallest absolute Gasteiger partial charge is 0.407 e. The van der Waals surface area contributed by atoms with Crippen molar-refractivity contribution in [1.82, 2.24) is 10.6 Å². The molecule has 3 N–H and O–H groups in total. The Labute approximate surface area is 199 Å². The summed E-state index contributed by atoms with van der Waals surface area (Å²) in [5.41, 5.74) is 4.49. The molecule has 3 atom stereocenters. The van der Waals surface area contributed by atoms with Gasteiger partial charge in [0.1, 0.15) is 12.6 Å². The quantitative estimate of drug-likeness (QED) is 0.492. The van der Waals surface area contributed by atoms with Gasteiger partial charge in [0.2, 0.25) is 5.91 Å². The Morgan fingerprint density at radius 2 is 1.56 bits per heavy atom. The lowest BCUT2D eigenvalue weighted by molar-refractivity contribution is -0.142. The van der Waals surface area contributed by atoms with E-state index in [2.05, 4.69) is 28.7 Å². The van der Waals surface area contributed by atoms with Gasteiger partial charge in [0.15, 0.2) is 0 Å². The molecule has 7 heteroatoms. The van der Waals surface area contributed by atoms with Gasteiger partial charge in [-0.3, -0.25) is 4.79 Å². The summed E-state index contributed by atoms with van der Waals surface area (Å²) in [6, 6.07) is 14.4. The maximum atomic E-state index is 12.8. The van der Waals surface area contributed by atoms with Crippen molar-refractivity contribution < 1.29 is 24.2 Å². The molecule has 7 nitrogen and oxygen atoms in total. The largest absolute Gasteiger partial charge is 0.480 e. The molecule has 0 fully saturated rings. The molecular weight excluding hydrogens is 432 g/mol. The topological polar surface area (TPSA) is 105 Å². The summed E-state index contributed by atoms with van der Waals surface area (Å²) in [7, 11) is 0. The van der Waals surface area contributed by atoms with E-state index < -0.39 is 36.0 Å². The molecule has 0 spiro atoms. The molecule has 0 heterocycles. The van der Waals surface area contributed by atoms with Crippen molar-refractivity contribution in [3.05, 3.63) is 59.7 Å². The van der Waals surface area contributed by atoms with Crippen molar-refractivity contribution >= 4 is 18.0 Å². The van der Waals surface area contributed by atoms with Crippen LogP contribution in [0.25, 0.3) is 11.1 Å². The Hall–Kier alpha value is -3.79. The summed E-state index contributed by atoms with van der Waals surface area (Å²) in [5.74, 6) is -0.330. The number of carbonyl (C=O) groups is 3. The number of carbonyl (C=O) groups excluding carboxylic acids is 2. The summed E-state index contributed by atoms with van der Waals surface area (Å²) < 4.78 is 5.58. The van der Waals surface area contributed by atoms with Crippen LogP contribution in [0.3, 0.4) is 0 Å². The number of nitrogens with one attached hydrogen (secondary N) is 2. The Morgan fingerprint density at radius 3 is 2.06 bits per heavy atom. The normalized spacial score (nSPS) is 14.8. The van der Waals surface area contributed by atoms with Crippen LogP contribution < -0.4 is 10.6 Å². The number of hydrogen-bond donors (Lipinski definition) is 3. The standard InChI is InChI=1S/C27H30N2O5/c1-5-10-23(26(31)32)29-25(30)24(16(2)3)17(4)28-27(33)34-15-22-20-13-8-6-11-18(20)19-12-7-9-14-21(19)22/h1,6-9,11-14,16-17,22-24H,10,15H2,2-4H3,(H,28,33)(H,29,30)(H,31,32). The molecule has 0 aromatic heterocycles. The molecular formula is C27H30N2O5. The van der Waals surface area contributed by atoms with Gasteiger partial charge in [-0.2, -0.15) is 0 Å². The Bertz CT molecular complexity index is 1060. The molecule has 0 bridgehead atoms. The molecule has 0 radical (unpaired) electrons. The van der Waals surface area contributed by atoms with Gasteiger partial charge in [-0.15, -0.1) is 12.3 Å². The molecule has 2 aromatic carbocycles. The predicted octanol–water partition coefficient (Wildman–Crippen LogP) is 3.78. The highest BCUT2D eigenvalue weighted by Crippen LogP contribution is 2.44. The van der Waals surface area contributed by atoms with E-state index in [0.29, 0.717) is 0 Å². The summed E-state index contributed by atoms with van der Waals surface area (Å²) in [5, 5.41) is 14.5. The van der Waals surface area contributed by atoms with Gasteiger partial charge in [-0.1, -0.05) is 62.4 Å². The SMILES string of the molecule is C#CCC(NC(=O)C(C(C)C)C(C)NC(=O)OCC1c2ccccc2-c2ccccc21)C(=O)O. The van der Waals surface area contributed by atoms with E-state index in [-0.39, 0.29) is 24.9 Å². The number of amides is 2. The van der Waals surface area contributed by atoms with Gasteiger partial charge in [-0.25, -0.2) is 9.59 Å². The second-order valence-electron chi connectivity index (χ2n) is 8.84. The van der Waals surface area contributed by atoms with Gasteiger partial charge >= 0.3 is 12.1 Å². The van der Waals surface area contributed by atoms with Gasteiger partial charge in [-0.05, 0) is 35.1 Å². The molecule has 34 heavy (non-hydrogen) atoms. The van der Waals surface area contributed by atoms with Crippen molar-refractivity contribution in [2.45, 2.75) is 45.2 Å². The number of carboxylic acid groups (broad SMARTS) is 1. The summed E-state index contributed by atoms with van der Waals surface area (Å²) in [6.45, 7) is 5.52. The molecule has 0 saturated carbocycles. The molecule has 1 aliphatic carbocycles. The minimum Gasteiger partial charge on any atom is -0.480 e. The van der Waals surface area contributed by atoms with E-state index >= 15 is 0 Å². The van der Waals surface area contributed by atoms with Gasteiger partial charge in [0, 0.05) is 18.4 Å². The predicted molar refractivity (Wildman–Crippen MR) is 129 cm³/mol. The number of alkyl carbamates (subject to hydrolysis) is 1. The number of benzene rings is 2. The van der Waals surface area contributed by atoms with Crippen molar-refractivity contribution in [3.63, 3.8) is 0 Å². The van der Waals surface area contributed by atoms with E-state index in [1.54, 1.807) is 6.92 Å². The Kier molecular flexibility index (Phi) is 7.95. The lowest BCUT2D eigenvalue weighted by Gasteiger charge is -2.28. The van der Waals surface area contributed by atoms with Crippen LogP contribution in [0.4, 0.5) is 4.79 Å². The van der Waals surface area contributed by atoms with Crippen LogP contribution in [-0.2, 0) is 14.3 Å². The summed E-state index contributed by atoms with van der Waals surface area (Å²) in [6.07, 6.45) is 4.45. The molecule has 3 rings (SSSR count). The Balaban J connectivity index is 1.64. The highest BCUT2D eigenvalue weighted by Gasteiger charge is 2.33. The lowest BCUT2D eigenvalue weighted by atomic mass is 9.88. The number of rotatable bonds is 9. The van der Waals surface area contributed by atoms with Gasteiger partial charge in [0.25, 0.3) is 0 Å². The highest BCUT2D eigenvalue weighted by molar-refractivity contribution is 5.86. The highest BCUT2D eigenvalue weighted by atomic mass is 16.5. The zero-order valence-electron chi connectivity index (χ0n) is 19.6. The number of ether oxygens (including phenoxy) is 1. The lowest BCUT2D eigenvalue weighted by Crippen LogP contribution is -2.51. The van der Waals surface area contributed by atoms with Gasteiger partial charge in [0.05, 0.1) is 5.92 Å².